The minimum atomic E-state index is -0.405. The SMILES string of the molecule is CCN(CC)Cc1ccc(C(=O)N2CCCC(O)C2)o1. The summed E-state index contributed by atoms with van der Waals surface area (Å²) in [6.45, 7) is 7.95. The quantitative estimate of drug-likeness (QED) is 0.892. The Hall–Kier alpha value is -1.33. The Morgan fingerprint density at radius 2 is 2.20 bits per heavy atom. The Balaban J connectivity index is 1.99. The molecule has 0 bridgehead atoms. The van der Waals surface area contributed by atoms with Crippen molar-refractivity contribution in [3.05, 3.63) is 23.7 Å². The lowest BCUT2D eigenvalue weighted by molar-refractivity contribution is 0.0446. The van der Waals surface area contributed by atoms with E-state index in [4.69, 9.17) is 4.42 Å². The van der Waals surface area contributed by atoms with Crippen molar-refractivity contribution in [2.75, 3.05) is 26.2 Å². The molecule has 0 radical (unpaired) electrons. The van der Waals surface area contributed by atoms with Gasteiger partial charge in [-0.2, -0.15) is 0 Å². The number of carbonyl (C=O) groups is 1. The molecule has 112 valence electrons. The molecule has 1 unspecified atom stereocenters. The van der Waals surface area contributed by atoms with E-state index < -0.39 is 6.10 Å². The van der Waals surface area contributed by atoms with Crippen LogP contribution in [-0.4, -0.2) is 53.1 Å². The molecule has 1 atom stereocenters. The predicted octanol–water partition coefficient (Wildman–Crippen LogP) is 1.72. The predicted molar refractivity (Wildman–Crippen MR) is 76.5 cm³/mol. The summed E-state index contributed by atoms with van der Waals surface area (Å²) in [5, 5.41) is 9.63. The van der Waals surface area contributed by atoms with Crippen molar-refractivity contribution in [1.29, 1.82) is 0 Å². The lowest BCUT2D eigenvalue weighted by atomic mass is 10.1. The van der Waals surface area contributed by atoms with Gasteiger partial charge in [0.25, 0.3) is 5.91 Å². The maximum absolute atomic E-state index is 12.3. The summed E-state index contributed by atoms with van der Waals surface area (Å²) in [6, 6.07) is 3.61. The molecule has 1 aliphatic rings. The van der Waals surface area contributed by atoms with Gasteiger partial charge >= 0.3 is 0 Å². The monoisotopic (exact) mass is 280 g/mol. The van der Waals surface area contributed by atoms with Crippen molar-refractivity contribution in [2.45, 2.75) is 39.3 Å². The molecule has 0 aromatic carbocycles. The Morgan fingerprint density at radius 3 is 2.85 bits per heavy atom. The summed E-state index contributed by atoms with van der Waals surface area (Å²) in [5.41, 5.74) is 0. The number of furan rings is 1. The zero-order valence-corrected chi connectivity index (χ0v) is 12.3. The van der Waals surface area contributed by atoms with E-state index in [2.05, 4.69) is 18.7 Å². The second-order valence-electron chi connectivity index (χ2n) is 5.27. The average Bonchev–Trinajstić information content (AvgIpc) is 2.92. The third-order valence-electron chi connectivity index (χ3n) is 3.83. The molecule has 0 spiro atoms. The first kappa shape index (κ1) is 15.1. The van der Waals surface area contributed by atoms with Crippen molar-refractivity contribution < 1.29 is 14.3 Å². The summed E-state index contributed by atoms with van der Waals surface area (Å²) in [4.78, 5) is 16.2. The highest BCUT2D eigenvalue weighted by atomic mass is 16.4. The number of carbonyl (C=O) groups excluding carboxylic acids is 1. The third kappa shape index (κ3) is 3.61. The molecule has 1 aromatic heterocycles. The number of hydrogen-bond donors (Lipinski definition) is 1. The molecule has 20 heavy (non-hydrogen) atoms. The van der Waals surface area contributed by atoms with Gasteiger partial charge in [0.1, 0.15) is 5.76 Å². The number of amides is 1. The molecule has 2 heterocycles. The molecule has 2 rings (SSSR count). The molecular formula is C15H24N2O3. The normalized spacial score (nSPS) is 19.6. The maximum atomic E-state index is 12.3. The number of aliphatic hydroxyl groups is 1. The number of rotatable bonds is 5. The van der Waals surface area contributed by atoms with Gasteiger partial charge < -0.3 is 14.4 Å². The van der Waals surface area contributed by atoms with Gasteiger partial charge in [-0.25, -0.2) is 0 Å². The van der Waals surface area contributed by atoms with Crippen LogP contribution in [0, 0.1) is 0 Å². The number of aliphatic hydroxyl groups excluding tert-OH is 1. The Labute approximate surface area is 120 Å². The topological polar surface area (TPSA) is 56.9 Å². The van der Waals surface area contributed by atoms with Crippen LogP contribution in [0.1, 0.15) is 43.0 Å². The highest BCUT2D eigenvalue weighted by Gasteiger charge is 2.25. The van der Waals surface area contributed by atoms with Gasteiger partial charge in [0.05, 0.1) is 12.6 Å². The van der Waals surface area contributed by atoms with Crippen molar-refractivity contribution in [1.82, 2.24) is 9.80 Å². The minimum absolute atomic E-state index is 0.116. The highest BCUT2D eigenvalue weighted by Crippen LogP contribution is 2.16. The second-order valence-corrected chi connectivity index (χ2v) is 5.27. The summed E-state index contributed by atoms with van der Waals surface area (Å²) in [5.74, 6) is 1.07. The van der Waals surface area contributed by atoms with Crippen molar-refractivity contribution >= 4 is 5.91 Å². The van der Waals surface area contributed by atoms with Gasteiger partial charge in [-0.3, -0.25) is 9.69 Å². The van der Waals surface area contributed by atoms with E-state index in [0.29, 0.717) is 18.8 Å². The zero-order chi connectivity index (χ0) is 14.5. The first-order valence-electron chi connectivity index (χ1n) is 7.42. The van der Waals surface area contributed by atoms with E-state index >= 15 is 0 Å². The summed E-state index contributed by atoms with van der Waals surface area (Å²) in [6.07, 6.45) is 1.22. The molecule has 5 nitrogen and oxygen atoms in total. The van der Waals surface area contributed by atoms with Crippen molar-refractivity contribution in [3.8, 4) is 0 Å². The van der Waals surface area contributed by atoms with E-state index in [-0.39, 0.29) is 5.91 Å². The average molecular weight is 280 g/mol. The van der Waals surface area contributed by atoms with Gasteiger partial charge in [-0.15, -0.1) is 0 Å². The summed E-state index contributed by atoms with van der Waals surface area (Å²) >= 11 is 0. The second kappa shape index (κ2) is 6.90. The Bertz CT molecular complexity index is 440. The Kier molecular flexibility index (Phi) is 5.20. The van der Waals surface area contributed by atoms with Crippen LogP contribution in [0.25, 0.3) is 0 Å². The van der Waals surface area contributed by atoms with E-state index in [1.165, 1.54) is 0 Å². The zero-order valence-electron chi connectivity index (χ0n) is 12.3. The van der Waals surface area contributed by atoms with E-state index in [1.54, 1.807) is 11.0 Å². The molecule has 0 saturated carbocycles. The first-order valence-corrected chi connectivity index (χ1v) is 7.42. The molecule has 1 saturated heterocycles. The molecule has 0 aliphatic carbocycles. The molecule has 5 heteroatoms. The lowest BCUT2D eigenvalue weighted by Crippen LogP contribution is -2.42. The summed E-state index contributed by atoms with van der Waals surface area (Å²) in [7, 11) is 0. The van der Waals surface area contributed by atoms with Crippen LogP contribution < -0.4 is 0 Å². The van der Waals surface area contributed by atoms with Crippen LogP contribution in [0.5, 0.6) is 0 Å². The number of nitrogens with zero attached hydrogens (tertiary/aromatic N) is 2. The standard InChI is InChI=1S/C15H24N2O3/c1-3-16(4-2)11-13-7-8-14(20-13)15(19)17-9-5-6-12(18)10-17/h7-8,12,18H,3-6,9-11H2,1-2H3. The maximum Gasteiger partial charge on any atom is 0.289 e. The third-order valence-corrected chi connectivity index (χ3v) is 3.83. The largest absolute Gasteiger partial charge is 0.455 e. The van der Waals surface area contributed by atoms with E-state index in [1.807, 2.05) is 6.07 Å². The molecule has 1 fully saturated rings. The number of β-amino-alcohol motifs (C(OH)–C–C–N with tert-alkyl or cyclic N) is 1. The van der Waals surface area contributed by atoms with Crippen LogP contribution in [0.4, 0.5) is 0 Å². The number of hydrogen-bond acceptors (Lipinski definition) is 4. The van der Waals surface area contributed by atoms with E-state index in [9.17, 15) is 9.90 Å². The minimum Gasteiger partial charge on any atom is -0.455 e. The van der Waals surface area contributed by atoms with Gasteiger partial charge in [-0.1, -0.05) is 13.8 Å². The van der Waals surface area contributed by atoms with Crippen LogP contribution in [-0.2, 0) is 6.54 Å². The van der Waals surface area contributed by atoms with Crippen LogP contribution >= 0.6 is 0 Å². The number of likely N-dealkylation sites (tertiary alicyclic amines) is 1. The molecular weight excluding hydrogens is 256 g/mol. The lowest BCUT2D eigenvalue weighted by Gasteiger charge is -2.29. The van der Waals surface area contributed by atoms with Crippen LogP contribution in [0.2, 0.25) is 0 Å². The molecule has 1 aliphatic heterocycles. The fourth-order valence-corrected chi connectivity index (χ4v) is 2.54. The first-order chi connectivity index (χ1) is 9.63. The fraction of sp³-hybridized carbons (Fsp3) is 0.667. The van der Waals surface area contributed by atoms with Crippen molar-refractivity contribution in [2.24, 2.45) is 0 Å². The smallest absolute Gasteiger partial charge is 0.289 e. The van der Waals surface area contributed by atoms with Crippen molar-refractivity contribution in [3.63, 3.8) is 0 Å². The van der Waals surface area contributed by atoms with Gasteiger partial charge in [0.2, 0.25) is 0 Å². The van der Waals surface area contributed by atoms with Gasteiger partial charge in [0.15, 0.2) is 5.76 Å². The fourth-order valence-electron chi connectivity index (χ4n) is 2.54. The van der Waals surface area contributed by atoms with E-state index in [0.717, 1.165) is 38.2 Å². The van der Waals surface area contributed by atoms with Gasteiger partial charge in [-0.05, 0) is 38.1 Å². The molecule has 1 amide bonds. The van der Waals surface area contributed by atoms with Gasteiger partial charge in [0, 0.05) is 13.1 Å². The molecule has 1 aromatic rings. The number of piperidine rings is 1. The van der Waals surface area contributed by atoms with Crippen LogP contribution in [0.3, 0.4) is 0 Å². The Morgan fingerprint density at radius 1 is 1.45 bits per heavy atom. The molecule has 1 N–H and O–H groups in total. The highest BCUT2D eigenvalue weighted by molar-refractivity contribution is 5.91. The summed E-state index contributed by atoms with van der Waals surface area (Å²) < 4.78 is 5.65. The van der Waals surface area contributed by atoms with Crippen LogP contribution in [0.15, 0.2) is 16.5 Å².